The van der Waals surface area contributed by atoms with Crippen LogP contribution in [0.15, 0.2) is 11.1 Å². The second kappa shape index (κ2) is 5.59. The SMILES string of the molecule is CCC1=C(C(C)C)CCCC1(C(C)C)C(C)C. The Morgan fingerprint density at radius 2 is 1.53 bits per heavy atom. The lowest BCUT2D eigenvalue weighted by molar-refractivity contribution is 0.125. The van der Waals surface area contributed by atoms with Crippen molar-refractivity contribution in [2.24, 2.45) is 23.2 Å². The molecule has 0 radical (unpaired) electrons. The van der Waals surface area contributed by atoms with Crippen molar-refractivity contribution in [1.82, 2.24) is 0 Å². The van der Waals surface area contributed by atoms with Crippen LogP contribution in [0.25, 0.3) is 0 Å². The van der Waals surface area contributed by atoms with E-state index in [9.17, 15) is 0 Å². The summed E-state index contributed by atoms with van der Waals surface area (Å²) in [5.41, 5.74) is 4.07. The maximum Gasteiger partial charge on any atom is -0.00394 e. The summed E-state index contributed by atoms with van der Waals surface area (Å²) in [7, 11) is 0. The van der Waals surface area contributed by atoms with Gasteiger partial charge in [0.1, 0.15) is 0 Å². The van der Waals surface area contributed by atoms with E-state index in [4.69, 9.17) is 0 Å². The van der Waals surface area contributed by atoms with Crippen molar-refractivity contribution < 1.29 is 0 Å². The van der Waals surface area contributed by atoms with Crippen LogP contribution >= 0.6 is 0 Å². The van der Waals surface area contributed by atoms with Gasteiger partial charge in [0.05, 0.1) is 0 Å². The molecule has 0 bridgehead atoms. The van der Waals surface area contributed by atoms with Gasteiger partial charge in [0.15, 0.2) is 0 Å². The lowest BCUT2D eigenvalue weighted by Gasteiger charge is -2.48. The molecule has 0 N–H and O–H groups in total. The normalized spacial score (nSPS) is 20.8. The molecular weight excluding hydrogens is 204 g/mol. The number of rotatable bonds is 4. The molecule has 0 aromatic heterocycles. The van der Waals surface area contributed by atoms with Gasteiger partial charge in [-0.05, 0) is 48.9 Å². The predicted molar refractivity (Wildman–Crippen MR) is 78.1 cm³/mol. The number of hydrogen-bond acceptors (Lipinski definition) is 0. The van der Waals surface area contributed by atoms with Gasteiger partial charge in [0.2, 0.25) is 0 Å². The van der Waals surface area contributed by atoms with Gasteiger partial charge in [-0.3, -0.25) is 0 Å². The first-order valence-electron chi connectivity index (χ1n) is 7.60. The minimum Gasteiger partial charge on any atom is -0.0679 e. The van der Waals surface area contributed by atoms with Crippen LogP contribution in [0, 0.1) is 23.2 Å². The molecule has 1 aliphatic carbocycles. The van der Waals surface area contributed by atoms with Gasteiger partial charge in [-0.1, -0.05) is 59.6 Å². The molecule has 0 heterocycles. The van der Waals surface area contributed by atoms with Crippen LogP contribution in [-0.4, -0.2) is 0 Å². The van der Waals surface area contributed by atoms with E-state index in [0.29, 0.717) is 5.41 Å². The lowest BCUT2D eigenvalue weighted by atomic mass is 9.56. The molecule has 1 rings (SSSR count). The summed E-state index contributed by atoms with van der Waals surface area (Å²) in [6.45, 7) is 16.8. The van der Waals surface area contributed by atoms with Gasteiger partial charge in [-0.25, -0.2) is 0 Å². The Balaban J connectivity index is 3.33. The van der Waals surface area contributed by atoms with Crippen molar-refractivity contribution in [2.45, 2.75) is 74.1 Å². The zero-order valence-electron chi connectivity index (χ0n) is 13.1. The van der Waals surface area contributed by atoms with Crippen molar-refractivity contribution >= 4 is 0 Å². The fourth-order valence-corrected chi connectivity index (χ4v) is 4.31. The molecule has 17 heavy (non-hydrogen) atoms. The van der Waals surface area contributed by atoms with Crippen molar-refractivity contribution in [3.8, 4) is 0 Å². The van der Waals surface area contributed by atoms with Crippen molar-refractivity contribution in [3.05, 3.63) is 11.1 Å². The molecule has 0 heteroatoms. The molecule has 0 aromatic carbocycles. The standard InChI is InChI=1S/C17H32/c1-8-16-15(12(2)3)10-9-11-17(16,13(4)5)14(6)7/h12-14H,8-11H2,1-7H3. The molecule has 0 fully saturated rings. The first-order chi connectivity index (χ1) is 7.87. The molecule has 0 nitrogen and oxygen atoms in total. The van der Waals surface area contributed by atoms with E-state index in [2.05, 4.69) is 48.5 Å². The van der Waals surface area contributed by atoms with Crippen LogP contribution < -0.4 is 0 Å². The molecule has 1 aliphatic rings. The highest BCUT2D eigenvalue weighted by atomic mass is 14.5. The maximum atomic E-state index is 2.43. The van der Waals surface area contributed by atoms with Crippen LogP contribution in [0.1, 0.15) is 74.1 Å². The molecule has 0 aliphatic heterocycles. The Bertz CT molecular complexity index is 270. The first-order valence-corrected chi connectivity index (χ1v) is 7.60. The molecule has 0 unspecified atom stereocenters. The smallest absolute Gasteiger partial charge is 0.00394 e. The topological polar surface area (TPSA) is 0 Å². The monoisotopic (exact) mass is 236 g/mol. The highest BCUT2D eigenvalue weighted by Gasteiger charge is 2.42. The quantitative estimate of drug-likeness (QED) is 0.539. The van der Waals surface area contributed by atoms with Gasteiger partial charge in [0.25, 0.3) is 0 Å². The van der Waals surface area contributed by atoms with Crippen LogP contribution in [0.2, 0.25) is 0 Å². The summed E-state index contributed by atoms with van der Waals surface area (Å²) in [5, 5.41) is 0. The molecule has 0 spiro atoms. The van der Waals surface area contributed by atoms with E-state index in [1.807, 2.05) is 5.57 Å². The van der Waals surface area contributed by atoms with Crippen LogP contribution in [-0.2, 0) is 0 Å². The Labute approximate surface area is 109 Å². The number of hydrogen-bond donors (Lipinski definition) is 0. The fraction of sp³-hybridized carbons (Fsp3) is 0.882. The highest BCUT2D eigenvalue weighted by molar-refractivity contribution is 5.28. The average molecular weight is 236 g/mol. The fourth-order valence-electron chi connectivity index (χ4n) is 4.31. The zero-order chi connectivity index (χ0) is 13.2. The summed E-state index contributed by atoms with van der Waals surface area (Å²) in [6.07, 6.45) is 5.40. The minimum atomic E-state index is 0.479. The van der Waals surface area contributed by atoms with Crippen LogP contribution in [0.4, 0.5) is 0 Å². The highest BCUT2D eigenvalue weighted by Crippen LogP contribution is 2.53. The molecule has 100 valence electrons. The third kappa shape index (κ3) is 2.46. The van der Waals surface area contributed by atoms with Gasteiger partial charge >= 0.3 is 0 Å². The van der Waals surface area contributed by atoms with E-state index in [-0.39, 0.29) is 0 Å². The van der Waals surface area contributed by atoms with Crippen molar-refractivity contribution in [1.29, 1.82) is 0 Å². The van der Waals surface area contributed by atoms with E-state index in [1.54, 1.807) is 5.57 Å². The van der Waals surface area contributed by atoms with Crippen molar-refractivity contribution in [3.63, 3.8) is 0 Å². The average Bonchev–Trinajstić information content (AvgIpc) is 2.26. The third-order valence-electron chi connectivity index (χ3n) is 5.10. The second-order valence-corrected chi connectivity index (χ2v) is 6.72. The Morgan fingerprint density at radius 1 is 1.00 bits per heavy atom. The summed E-state index contributed by atoms with van der Waals surface area (Å²) in [6, 6.07) is 0. The van der Waals surface area contributed by atoms with E-state index < -0.39 is 0 Å². The van der Waals surface area contributed by atoms with Gasteiger partial charge in [0, 0.05) is 0 Å². The van der Waals surface area contributed by atoms with Gasteiger partial charge in [-0.2, -0.15) is 0 Å². The summed E-state index contributed by atoms with van der Waals surface area (Å²) in [5.74, 6) is 2.28. The Hall–Kier alpha value is -0.260. The van der Waals surface area contributed by atoms with E-state index in [0.717, 1.165) is 17.8 Å². The summed E-state index contributed by atoms with van der Waals surface area (Å²) < 4.78 is 0. The van der Waals surface area contributed by atoms with E-state index in [1.165, 1.54) is 25.7 Å². The summed E-state index contributed by atoms with van der Waals surface area (Å²) in [4.78, 5) is 0. The Morgan fingerprint density at radius 3 is 1.88 bits per heavy atom. The van der Waals surface area contributed by atoms with Crippen LogP contribution in [0.5, 0.6) is 0 Å². The third-order valence-corrected chi connectivity index (χ3v) is 5.10. The Kier molecular flexibility index (Phi) is 4.86. The summed E-state index contributed by atoms with van der Waals surface area (Å²) >= 11 is 0. The molecule has 0 saturated heterocycles. The molecule has 0 saturated carbocycles. The van der Waals surface area contributed by atoms with Crippen molar-refractivity contribution in [2.75, 3.05) is 0 Å². The molecule has 0 aromatic rings. The largest absolute Gasteiger partial charge is 0.0679 e. The number of allylic oxidation sites excluding steroid dienone is 2. The molecule has 0 atom stereocenters. The van der Waals surface area contributed by atoms with Crippen LogP contribution in [0.3, 0.4) is 0 Å². The molecule has 0 amide bonds. The maximum absolute atomic E-state index is 2.43. The molecular formula is C17H32. The first kappa shape index (κ1) is 14.8. The van der Waals surface area contributed by atoms with Gasteiger partial charge in [-0.15, -0.1) is 0 Å². The minimum absolute atomic E-state index is 0.479. The van der Waals surface area contributed by atoms with Gasteiger partial charge < -0.3 is 0 Å². The van der Waals surface area contributed by atoms with E-state index >= 15 is 0 Å². The lowest BCUT2D eigenvalue weighted by Crippen LogP contribution is -2.38. The predicted octanol–water partition coefficient (Wildman–Crippen LogP) is 5.83. The second-order valence-electron chi connectivity index (χ2n) is 6.72. The zero-order valence-corrected chi connectivity index (χ0v) is 13.1.